The second-order valence-electron chi connectivity index (χ2n) is 14.3. The van der Waals surface area contributed by atoms with Crippen LogP contribution in [0, 0.1) is 0 Å². The smallest absolute Gasteiger partial charge is 0.235 e. The second-order valence-corrected chi connectivity index (χ2v) is 14.3. The van der Waals surface area contributed by atoms with Gasteiger partial charge in [0.25, 0.3) is 0 Å². The molecule has 3 nitrogen and oxygen atoms in total. The van der Waals surface area contributed by atoms with Gasteiger partial charge in [-0.25, -0.2) is 9.97 Å². The molecule has 11 rings (SSSR count). The third kappa shape index (κ3) is 5.36. The average molecular weight is 700 g/mol. The first-order chi connectivity index (χ1) is 27.2. The topological polar surface area (TPSA) is 30.7 Å². The molecule has 3 heteroatoms. The Labute approximate surface area is 318 Å². The van der Waals surface area contributed by atoms with E-state index in [4.69, 9.17) is 9.97 Å². The van der Waals surface area contributed by atoms with Gasteiger partial charge >= 0.3 is 0 Å². The summed E-state index contributed by atoms with van der Waals surface area (Å²) in [6, 6.07) is 71.7. The molecule has 0 unspecified atom stereocenters. The van der Waals surface area contributed by atoms with Gasteiger partial charge in [-0.05, 0) is 91.3 Å². The van der Waals surface area contributed by atoms with Gasteiger partial charge in [0.2, 0.25) is 5.95 Å². The Kier molecular flexibility index (Phi) is 7.17. The molecule has 0 aliphatic heterocycles. The first-order valence-corrected chi connectivity index (χ1v) is 18.7. The number of aromatic nitrogens is 3. The molecule has 55 heavy (non-hydrogen) atoms. The van der Waals surface area contributed by atoms with Crippen LogP contribution < -0.4 is 0 Å². The number of nitrogens with zero attached hydrogens (tertiary/aromatic N) is 3. The molecule has 0 bridgehead atoms. The van der Waals surface area contributed by atoms with E-state index in [9.17, 15) is 0 Å². The minimum Gasteiger partial charge on any atom is -0.278 e. The van der Waals surface area contributed by atoms with E-state index in [1.165, 1.54) is 49.0 Å². The molecule has 0 spiro atoms. The lowest BCUT2D eigenvalue weighted by atomic mass is 9.98. The summed E-state index contributed by atoms with van der Waals surface area (Å²) in [4.78, 5) is 10.8. The van der Waals surface area contributed by atoms with Crippen LogP contribution >= 0.6 is 0 Å². The summed E-state index contributed by atoms with van der Waals surface area (Å²) >= 11 is 0. The van der Waals surface area contributed by atoms with Crippen LogP contribution in [-0.2, 0) is 0 Å². The summed E-state index contributed by atoms with van der Waals surface area (Å²) in [7, 11) is 0. The van der Waals surface area contributed by atoms with Gasteiger partial charge in [-0.15, -0.1) is 0 Å². The molecule has 0 atom stereocenters. The van der Waals surface area contributed by atoms with E-state index in [2.05, 4.69) is 205 Å². The normalized spacial score (nSPS) is 11.6. The van der Waals surface area contributed by atoms with Crippen molar-refractivity contribution in [3.63, 3.8) is 0 Å². The molecular formula is C52H33N3. The fraction of sp³-hybridized carbons (Fsp3) is 0. The van der Waals surface area contributed by atoms with Gasteiger partial charge in [0.1, 0.15) is 0 Å². The molecule has 0 saturated carbocycles. The SMILES string of the molecule is c1ccc(-c2ccc(-c3ccc4nc(-n5c6cc(-c7ccc8ccccc8c7)ccc6c6cc7ccccc7cc65)nc(-c5ccccc5)c4c3)cc2)cc1. The van der Waals surface area contributed by atoms with Crippen molar-refractivity contribution in [1.82, 2.24) is 14.5 Å². The summed E-state index contributed by atoms with van der Waals surface area (Å²) < 4.78 is 2.27. The molecule has 0 amide bonds. The Morgan fingerprint density at radius 1 is 0.291 bits per heavy atom. The summed E-state index contributed by atoms with van der Waals surface area (Å²) in [5, 5.41) is 8.22. The van der Waals surface area contributed by atoms with Crippen molar-refractivity contribution in [3.8, 4) is 50.6 Å². The zero-order valence-corrected chi connectivity index (χ0v) is 29.9. The lowest BCUT2D eigenvalue weighted by Crippen LogP contribution is -2.03. The predicted octanol–water partition coefficient (Wildman–Crippen LogP) is 13.7. The zero-order valence-electron chi connectivity index (χ0n) is 29.9. The van der Waals surface area contributed by atoms with Crippen molar-refractivity contribution in [3.05, 3.63) is 200 Å². The number of hydrogen-bond acceptors (Lipinski definition) is 2. The van der Waals surface area contributed by atoms with E-state index < -0.39 is 0 Å². The van der Waals surface area contributed by atoms with E-state index in [-0.39, 0.29) is 0 Å². The fourth-order valence-electron chi connectivity index (χ4n) is 8.16. The summed E-state index contributed by atoms with van der Waals surface area (Å²) in [5.41, 5.74) is 12.0. The van der Waals surface area contributed by atoms with Crippen LogP contribution in [0.25, 0.3) is 105 Å². The molecule has 11 aromatic rings. The highest BCUT2D eigenvalue weighted by Crippen LogP contribution is 2.39. The van der Waals surface area contributed by atoms with Crippen molar-refractivity contribution >= 4 is 54.3 Å². The molecule has 2 heterocycles. The van der Waals surface area contributed by atoms with Crippen LogP contribution in [0.15, 0.2) is 200 Å². The van der Waals surface area contributed by atoms with Crippen LogP contribution in [0.5, 0.6) is 0 Å². The van der Waals surface area contributed by atoms with Crippen molar-refractivity contribution in [2.24, 2.45) is 0 Å². The number of hydrogen-bond donors (Lipinski definition) is 0. The van der Waals surface area contributed by atoms with Crippen molar-refractivity contribution < 1.29 is 0 Å². The molecule has 0 aliphatic rings. The number of fused-ring (bicyclic) bond motifs is 6. The quantitative estimate of drug-likeness (QED) is 0.179. The van der Waals surface area contributed by atoms with E-state index in [1.54, 1.807) is 0 Å². The molecule has 0 fully saturated rings. The molecule has 0 N–H and O–H groups in total. The van der Waals surface area contributed by atoms with Crippen LogP contribution in [0.2, 0.25) is 0 Å². The first-order valence-electron chi connectivity index (χ1n) is 18.7. The fourth-order valence-corrected chi connectivity index (χ4v) is 8.16. The largest absolute Gasteiger partial charge is 0.278 e. The van der Waals surface area contributed by atoms with Gasteiger partial charge in [0, 0.05) is 21.7 Å². The maximum atomic E-state index is 5.48. The summed E-state index contributed by atoms with van der Waals surface area (Å²) in [6.45, 7) is 0. The minimum atomic E-state index is 0.650. The van der Waals surface area contributed by atoms with Crippen molar-refractivity contribution in [2.75, 3.05) is 0 Å². The summed E-state index contributed by atoms with van der Waals surface area (Å²) in [6.07, 6.45) is 0. The van der Waals surface area contributed by atoms with E-state index >= 15 is 0 Å². The molecular weight excluding hydrogens is 667 g/mol. The first kappa shape index (κ1) is 31.2. The number of rotatable bonds is 5. The standard InChI is InChI=1S/C52H33N3/c1-3-11-34(12-4-1)36-19-21-37(22-20-36)43-26-28-48-47(31-43)51(38-14-5-2-6-15-38)54-52(53-48)55-49-33-44(42-24-23-35-13-7-8-16-39(35)29-42)25-27-45(49)46-30-40-17-9-10-18-41(40)32-50(46)55/h1-33H. The van der Waals surface area contributed by atoms with Gasteiger partial charge in [0.05, 0.1) is 22.2 Å². The van der Waals surface area contributed by atoms with Gasteiger partial charge in [-0.2, -0.15) is 0 Å². The van der Waals surface area contributed by atoms with Gasteiger partial charge in [-0.1, -0.05) is 164 Å². The lowest BCUT2D eigenvalue weighted by molar-refractivity contribution is 1.01. The van der Waals surface area contributed by atoms with E-state index in [1.807, 2.05) is 0 Å². The minimum absolute atomic E-state index is 0.650. The molecule has 0 aliphatic carbocycles. The van der Waals surface area contributed by atoms with Gasteiger partial charge < -0.3 is 0 Å². The van der Waals surface area contributed by atoms with Crippen LogP contribution in [0.3, 0.4) is 0 Å². The van der Waals surface area contributed by atoms with E-state index in [0.717, 1.165) is 49.9 Å². The Morgan fingerprint density at radius 3 is 1.55 bits per heavy atom. The van der Waals surface area contributed by atoms with Crippen LogP contribution in [0.1, 0.15) is 0 Å². The van der Waals surface area contributed by atoms with E-state index in [0.29, 0.717) is 5.95 Å². The maximum Gasteiger partial charge on any atom is 0.235 e. The third-order valence-corrected chi connectivity index (χ3v) is 11.0. The van der Waals surface area contributed by atoms with Gasteiger partial charge in [0.15, 0.2) is 0 Å². The molecule has 0 radical (unpaired) electrons. The summed E-state index contributed by atoms with van der Waals surface area (Å²) in [5.74, 6) is 0.650. The molecule has 9 aromatic carbocycles. The van der Waals surface area contributed by atoms with Crippen LogP contribution in [-0.4, -0.2) is 14.5 Å². The Balaban J connectivity index is 1.14. The second kappa shape index (κ2) is 12.6. The average Bonchev–Trinajstić information content (AvgIpc) is 3.57. The van der Waals surface area contributed by atoms with Crippen molar-refractivity contribution in [2.45, 2.75) is 0 Å². The highest BCUT2D eigenvalue weighted by molar-refractivity contribution is 6.14. The third-order valence-electron chi connectivity index (χ3n) is 11.0. The zero-order chi connectivity index (χ0) is 36.3. The molecule has 0 saturated heterocycles. The Bertz CT molecular complexity index is 3230. The monoisotopic (exact) mass is 699 g/mol. The lowest BCUT2D eigenvalue weighted by Gasteiger charge is -2.14. The van der Waals surface area contributed by atoms with Gasteiger partial charge in [-0.3, -0.25) is 4.57 Å². The Hall–Kier alpha value is -7.36. The highest BCUT2D eigenvalue weighted by Gasteiger charge is 2.19. The van der Waals surface area contributed by atoms with Crippen LogP contribution in [0.4, 0.5) is 0 Å². The molecule has 256 valence electrons. The highest BCUT2D eigenvalue weighted by atomic mass is 15.2. The predicted molar refractivity (Wildman–Crippen MR) is 231 cm³/mol. The number of benzene rings is 9. The van der Waals surface area contributed by atoms with Crippen molar-refractivity contribution in [1.29, 1.82) is 0 Å². The molecule has 2 aromatic heterocycles. The maximum absolute atomic E-state index is 5.48. The Morgan fingerprint density at radius 2 is 0.800 bits per heavy atom.